The average molecular weight is 348 g/mol. The van der Waals surface area contributed by atoms with E-state index in [4.69, 9.17) is 28.9 Å². The van der Waals surface area contributed by atoms with Gasteiger partial charge in [-0.15, -0.1) is 0 Å². The Morgan fingerprint density at radius 3 is 2.35 bits per heavy atom. The number of pyridine rings is 1. The average Bonchev–Trinajstić information content (AvgIpc) is 2.59. The van der Waals surface area contributed by atoms with E-state index in [0.717, 1.165) is 11.1 Å². The quantitative estimate of drug-likeness (QED) is 0.613. The molecule has 0 aliphatic heterocycles. The van der Waals surface area contributed by atoms with Crippen LogP contribution in [0.1, 0.15) is 0 Å². The Labute approximate surface area is 142 Å². The van der Waals surface area contributed by atoms with Crippen molar-refractivity contribution in [3.8, 4) is 11.1 Å². The maximum Gasteiger partial charge on any atom is 0.235 e. The first-order valence-corrected chi connectivity index (χ1v) is 7.54. The van der Waals surface area contributed by atoms with Crippen molar-refractivity contribution in [3.63, 3.8) is 0 Å². The predicted octanol–water partition coefficient (Wildman–Crippen LogP) is 5.52. The predicted molar refractivity (Wildman–Crippen MR) is 93.8 cm³/mol. The van der Waals surface area contributed by atoms with Crippen molar-refractivity contribution < 1.29 is 4.39 Å². The van der Waals surface area contributed by atoms with E-state index >= 15 is 0 Å². The number of anilines is 3. The summed E-state index contributed by atoms with van der Waals surface area (Å²) in [6, 6.07) is 17.5. The first kappa shape index (κ1) is 15.6. The Balaban J connectivity index is 1.96. The summed E-state index contributed by atoms with van der Waals surface area (Å²) in [6.45, 7) is 0. The summed E-state index contributed by atoms with van der Waals surface area (Å²) < 4.78 is 13.6. The molecule has 0 saturated heterocycles. The van der Waals surface area contributed by atoms with Crippen molar-refractivity contribution in [1.82, 2.24) is 4.98 Å². The number of aromatic nitrogens is 1. The first-order valence-electron chi connectivity index (χ1n) is 6.78. The van der Waals surface area contributed by atoms with Gasteiger partial charge in [0.25, 0.3) is 0 Å². The van der Waals surface area contributed by atoms with Gasteiger partial charge in [-0.1, -0.05) is 65.7 Å². The van der Waals surface area contributed by atoms with E-state index in [9.17, 15) is 4.39 Å². The standard InChI is InChI=1S/C17H12Cl2FN3/c18-13-15(21)14(19)17(23-16(13)20)22-12-8-4-7-11(9-12)10-5-2-1-3-6-10/h1-9H,(H3,21,22,23). The Hall–Kier alpha value is -2.30. The minimum atomic E-state index is -0.865. The van der Waals surface area contributed by atoms with Gasteiger partial charge in [0.2, 0.25) is 5.95 Å². The van der Waals surface area contributed by atoms with Crippen LogP contribution in [0, 0.1) is 5.95 Å². The van der Waals surface area contributed by atoms with Crippen LogP contribution in [0.4, 0.5) is 21.6 Å². The lowest BCUT2D eigenvalue weighted by atomic mass is 10.1. The number of nitrogens with one attached hydrogen (secondary N) is 1. The van der Waals surface area contributed by atoms with E-state index in [0.29, 0.717) is 5.69 Å². The molecular formula is C17H12Cl2FN3. The molecule has 0 aliphatic rings. The van der Waals surface area contributed by atoms with Crippen molar-refractivity contribution in [2.24, 2.45) is 0 Å². The topological polar surface area (TPSA) is 50.9 Å². The highest BCUT2D eigenvalue weighted by molar-refractivity contribution is 6.40. The lowest BCUT2D eigenvalue weighted by Crippen LogP contribution is -2.01. The first-order chi connectivity index (χ1) is 11.1. The Bertz CT molecular complexity index is 854. The molecule has 0 radical (unpaired) electrons. The fourth-order valence-corrected chi connectivity index (χ4v) is 2.53. The van der Waals surface area contributed by atoms with Gasteiger partial charge in [-0.25, -0.2) is 0 Å². The molecule has 0 fully saturated rings. The largest absolute Gasteiger partial charge is 0.396 e. The van der Waals surface area contributed by atoms with Gasteiger partial charge in [0.15, 0.2) is 5.82 Å². The number of hydrogen-bond donors (Lipinski definition) is 2. The third kappa shape index (κ3) is 3.23. The fraction of sp³-hybridized carbons (Fsp3) is 0. The van der Waals surface area contributed by atoms with E-state index in [1.54, 1.807) is 0 Å². The maximum absolute atomic E-state index is 13.6. The lowest BCUT2D eigenvalue weighted by Gasteiger charge is -2.12. The van der Waals surface area contributed by atoms with Gasteiger partial charge in [-0.05, 0) is 23.3 Å². The monoisotopic (exact) mass is 347 g/mol. The van der Waals surface area contributed by atoms with E-state index in [1.165, 1.54) is 0 Å². The van der Waals surface area contributed by atoms with Crippen LogP contribution < -0.4 is 11.1 Å². The van der Waals surface area contributed by atoms with Crippen LogP contribution in [0.15, 0.2) is 54.6 Å². The zero-order valence-corrected chi connectivity index (χ0v) is 13.4. The van der Waals surface area contributed by atoms with Crippen molar-refractivity contribution in [3.05, 3.63) is 70.6 Å². The highest BCUT2D eigenvalue weighted by Crippen LogP contribution is 2.35. The lowest BCUT2D eigenvalue weighted by molar-refractivity contribution is 0.587. The molecule has 3 nitrogen and oxygen atoms in total. The molecule has 116 valence electrons. The van der Waals surface area contributed by atoms with Crippen LogP contribution in [0.2, 0.25) is 10.0 Å². The van der Waals surface area contributed by atoms with Crippen LogP contribution >= 0.6 is 23.2 Å². The van der Waals surface area contributed by atoms with Crippen molar-refractivity contribution >= 4 is 40.4 Å². The minimum absolute atomic E-state index is 0.0393. The molecule has 0 bridgehead atoms. The van der Waals surface area contributed by atoms with Gasteiger partial charge in [-0.3, -0.25) is 0 Å². The molecule has 0 amide bonds. The van der Waals surface area contributed by atoms with E-state index in [-0.39, 0.29) is 21.6 Å². The third-order valence-corrected chi connectivity index (χ3v) is 4.05. The normalized spacial score (nSPS) is 10.6. The van der Waals surface area contributed by atoms with E-state index < -0.39 is 5.95 Å². The second-order valence-corrected chi connectivity index (χ2v) is 5.62. The molecule has 3 rings (SSSR count). The molecule has 6 heteroatoms. The smallest absolute Gasteiger partial charge is 0.235 e. The van der Waals surface area contributed by atoms with Crippen LogP contribution in [0.5, 0.6) is 0 Å². The zero-order valence-electron chi connectivity index (χ0n) is 11.9. The van der Waals surface area contributed by atoms with Gasteiger partial charge in [0.1, 0.15) is 10.0 Å². The van der Waals surface area contributed by atoms with Crippen molar-refractivity contribution in [1.29, 1.82) is 0 Å². The highest BCUT2D eigenvalue weighted by Gasteiger charge is 2.15. The van der Waals surface area contributed by atoms with Gasteiger partial charge in [0, 0.05) is 5.69 Å². The third-order valence-electron chi connectivity index (χ3n) is 3.30. The van der Waals surface area contributed by atoms with Crippen LogP contribution in [0.3, 0.4) is 0 Å². The summed E-state index contributed by atoms with van der Waals surface area (Å²) in [7, 11) is 0. The summed E-state index contributed by atoms with van der Waals surface area (Å²) in [4.78, 5) is 3.71. The van der Waals surface area contributed by atoms with Crippen LogP contribution in [-0.4, -0.2) is 4.98 Å². The molecule has 2 aromatic carbocycles. The molecule has 0 spiro atoms. The molecule has 1 heterocycles. The summed E-state index contributed by atoms with van der Waals surface area (Å²) in [5.41, 5.74) is 8.42. The molecule has 23 heavy (non-hydrogen) atoms. The summed E-state index contributed by atoms with van der Waals surface area (Å²) >= 11 is 11.8. The molecule has 0 saturated carbocycles. The molecule has 3 N–H and O–H groups in total. The Morgan fingerprint density at radius 1 is 0.913 bits per heavy atom. The molecule has 3 aromatic rings. The number of halogens is 3. The van der Waals surface area contributed by atoms with E-state index in [1.807, 2.05) is 54.6 Å². The number of nitrogens with two attached hydrogens (primary N) is 1. The summed E-state index contributed by atoms with van der Waals surface area (Å²) in [5.74, 6) is -0.744. The Morgan fingerprint density at radius 2 is 1.61 bits per heavy atom. The second-order valence-electron chi connectivity index (χ2n) is 4.86. The molecule has 0 unspecified atom stereocenters. The molecule has 0 atom stereocenters. The minimum Gasteiger partial charge on any atom is -0.396 e. The number of benzene rings is 2. The van der Waals surface area contributed by atoms with Gasteiger partial charge < -0.3 is 11.1 Å². The zero-order chi connectivity index (χ0) is 16.4. The maximum atomic E-state index is 13.6. The SMILES string of the molecule is Nc1c(Cl)c(F)nc(Nc2cccc(-c3ccccc3)c2)c1Cl. The van der Waals surface area contributed by atoms with Crippen molar-refractivity contribution in [2.75, 3.05) is 11.1 Å². The fourth-order valence-electron chi connectivity index (χ4n) is 2.16. The van der Waals surface area contributed by atoms with Gasteiger partial charge >= 0.3 is 0 Å². The van der Waals surface area contributed by atoms with Crippen LogP contribution in [-0.2, 0) is 0 Å². The molecule has 1 aromatic heterocycles. The Kier molecular flexibility index (Phi) is 4.37. The highest BCUT2D eigenvalue weighted by atomic mass is 35.5. The molecular weight excluding hydrogens is 336 g/mol. The number of nitrogen functional groups attached to an aromatic ring is 1. The number of nitrogens with zero attached hydrogens (tertiary/aromatic N) is 1. The second kappa shape index (κ2) is 6.44. The number of hydrogen-bond acceptors (Lipinski definition) is 3. The van der Waals surface area contributed by atoms with E-state index in [2.05, 4.69) is 10.3 Å². The van der Waals surface area contributed by atoms with Gasteiger partial charge in [0.05, 0.1) is 5.69 Å². The van der Waals surface area contributed by atoms with Crippen LogP contribution in [0.25, 0.3) is 11.1 Å². The number of rotatable bonds is 3. The summed E-state index contributed by atoms with van der Waals surface area (Å²) in [6.07, 6.45) is 0. The van der Waals surface area contributed by atoms with Crippen molar-refractivity contribution in [2.45, 2.75) is 0 Å². The van der Waals surface area contributed by atoms with Gasteiger partial charge in [-0.2, -0.15) is 9.37 Å². The summed E-state index contributed by atoms with van der Waals surface area (Å²) in [5, 5.41) is 2.78. The molecule has 0 aliphatic carbocycles.